The molecule has 2 rings (SSSR count). The molecular formula is C16H22O2S2. The fourth-order valence-corrected chi connectivity index (χ4v) is 4.48. The molecule has 0 bridgehead atoms. The van der Waals surface area contributed by atoms with Crippen LogP contribution in [0.5, 0.6) is 0 Å². The van der Waals surface area contributed by atoms with Gasteiger partial charge in [0.25, 0.3) is 0 Å². The van der Waals surface area contributed by atoms with E-state index < -0.39 is 0 Å². The minimum atomic E-state index is 0.940. The average Bonchev–Trinajstić information content (AvgIpc) is 3.07. The van der Waals surface area contributed by atoms with Crippen LogP contribution in [0.1, 0.15) is 50.7 Å². The van der Waals surface area contributed by atoms with E-state index in [1.807, 2.05) is 0 Å². The van der Waals surface area contributed by atoms with Crippen LogP contribution in [-0.4, -0.2) is 0 Å². The van der Waals surface area contributed by atoms with Gasteiger partial charge in [-0.05, 0) is 33.7 Å². The lowest BCUT2D eigenvalue weighted by atomic mass is 10.3. The zero-order valence-electron chi connectivity index (χ0n) is 12.6. The monoisotopic (exact) mass is 310 g/mol. The highest BCUT2D eigenvalue weighted by Crippen LogP contribution is 2.43. The molecule has 0 N–H and O–H groups in total. The Morgan fingerprint density at radius 1 is 0.700 bits per heavy atom. The molecule has 0 radical (unpaired) electrons. The Bertz CT molecular complexity index is 505. The summed E-state index contributed by atoms with van der Waals surface area (Å²) >= 11 is 0. The van der Waals surface area contributed by atoms with E-state index in [4.69, 9.17) is 8.83 Å². The Hall–Kier alpha value is -0.740. The summed E-state index contributed by atoms with van der Waals surface area (Å²) in [5.74, 6) is 4.33. The molecular weight excluding hydrogens is 288 g/mol. The molecule has 2 aromatic heterocycles. The van der Waals surface area contributed by atoms with Crippen LogP contribution in [0, 0.1) is 0 Å². The van der Waals surface area contributed by atoms with E-state index >= 15 is 0 Å². The molecule has 0 unspecified atom stereocenters. The van der Waals surface area contributed by atoms with E-state index in [1.165, 1.54) is 9.79 Å². The number of hydrogen-bond donors (Lipinski definition) is 0. The van der Waals surface area contributed by atoms with Crippen LogP contribution < -0.4 is 0 Å². The summed E-state index contributed by atoms with van der Waals surface area (Å²) in [6.07, 6.45) is 3.78. The van der Waals surface area contributed by atoms with Crippen LogP contribution in [-0.2, 0) is 25.7 Å². The highest BCUT2D eigenvalue weighted by molar-refractivity contribution is 8.76. The van der Waals surface area contributed by atoms with Crippen molar-refractivity contribution in [3.8, 4) is 0 Å². The van der Waals surface area contributed by atoms with Crippen molar-refractivity contribution >= 4 is 21.6 Å². The maximum atomic E-state index is 5.83. The highest BCUT2D eigenvalue weighted by Gasteiger charge is 2.14. The molecule has 0 fully saturated rings. The Balaban J connectivity index is 2.11. The molecule has 20 heavy (non-hydrogen) atoms. The van der Waals surface area contributed by atoms with Crippen molar-refractivity contribution < 1.29 is 8.83 Å². The van der Waals surface area contributed by atoms with Gasteiger partial charge in [-0.1, -0.05) is 27.7 Å². The van der Waals surface area contributed by atoms with Gasteiger partial charge in [0.2, 0.25) is 0 Å². The molecule has 2 aromatic rings. The van der Waals surface area contributed by atoms with Crippen LogP contribution in [0.2, 0.25) is 0 Å². The number of furan rings is 2. The van der Waals surface area contributed by atoms with E-state index in [0.717, 1.165) is 48.7 Å². The largest absolute Gasteiger partial charge is 0.465 e. The Morgan fingerprint density at radius 2 is 1.10 bits per heavy atom. The van der Waals surface area contributed by atoms with Crippen LogP contribution >= 0.6 is 21.6 Å². The van der Waals surface area contributed by atoms with Crippen molar-refractivity contribution in [1.82, 2.24) is 0 Å². The van der Waals surface area contributed by atoms with Gasteiger partial charge in [0, 0.05) is 25.7 Å². The third-order valence-corrected chi connectivity index (χ3v) is 5.66. The topological polar surface area (TPSA) is 26.3 Å². The van der Waals surface area contributed by atoms with Gasteiger partial charge in [-0.2, -0.15) is 0 Å². The van der Waals surface area contributed by atoms with Crippen molar-refractivity contribution in [1.29, 1.82) is 0 Å². The third kappa shape index (κ3) is 3.47. The molecule has 4 heteroatoms. The second-order valence-corrected chi connectivity index (χ2v) is 6.79. The summed E-state index contributed by atoms with van der Waals surface area (Å²) in [5.41, 5.74) is 0. The summed E-state index contributed by atoms with van der Waals surface area (Å²) < 4.78 is 11.7. The fraction of sp³-hybridized carbons (Fsp3) is 0.500. The zero-order valence-corrected chi connectivity index (χ0v) is 14.2. The number of hydrogen-bond acceptors (Lipinski definition) is 4. The zero-order chi connectivity index (χ0) is 14.5. The van der Waals surface area contributed by atoms with E-state index in [0.29, 0.717) is 0 Å². The molecule has 0 spiro atoms. The maximum Gasteiger partial charge on any atom is 0.118 e. The van der Waals surface area contributed by atoms with Crippen molar-refractivity contribution in [3.63, 3.8) is 0 Å². The second kappa shape index (κ2) is 7.32. The summed E-state index contributed by atoms with van der Waals surface area (Å²) in [6, 6.07) is 4.34. The van der Waals surface area contributed by atoms with Gasteiger partial charge in [0.05, 0.1) is 9.79 Å². The lowest BCUT2D eigenvalue weighted by molar-refractivity contribution is 0.468. The van der Waals surface area contributed by atoms with Gasteiger partial charge in [-0.3, -0.25) is 0 Å². The van der Waals surface area contributed by atoms with Crippen molar-refractivity contribution in [3.05, 3.63) is 35.2 Å². The fourth-order valence-electron chi connectivity index (χ4n) is 2.00. The normalized spacial score (nSPS) is 11.2. The molecule has 0 saturated heterocycles. The molecule has 0 aliphatic rings. The van der Waals surface area contributed by atoms with Crippen molar-refractivity contribution in [2.24, 2.45) is 0 Å². The quantitative estimate of drug-likeness (QED) is 0.593. The van der Waals surface area contributed by atoms with Crippen molar-refractivity contribution in [2.75, 3.05) is 0 Å². The van der Waals surface area contributed by atoms with Gasteiger partial charge in [-0.25, -0.2) is 0 Å². The van der Waals surface area contributed by atoms with Gasteiger partial charge >= 0.3 is 0 Å². The molecule has 2 nitrogen and oxygen atoms in total. The highest BCUT2D eigenvalue weighted by atomic mass is 33.1. The minimum Gasteiger partial charge on any atom is -0.465 e. The molecule has 0 aliphatic carbocycles. The average molecular weight is 310 g/mol. The summed E-state index contributed by atoms with van der Waals surface area (Å²) in [6.45, 7) is 8.52. The van der Waals surface area contributed by atoms with Crippen LogP contribution in [0.3, 0.4) is 0 Å². The van der Waals surface area contributed by atoms with Gasteiger partial charge in [0.15, 0.2) is 0 Å². The van der Waals surface area contributed by atoms with Gasteiger partial charge in [-0.15, -0.1) is 0 Å². The summed E-state index contributed by atoms with van der Waals surface area (Å²) in [4.78, 5) is 2.49. The molecule has 0 aromatic carbocycles. The smallest absolute Gasteiger partial charge is 0.118 e. The number of aryl methyl sites for hydroxylation is 4. The first-order valence-corrected chi connectivity index (χ1v) is 9.44. The van der Waals surface area contributed by atoms with Crippen LogP contribution in [0.25, 0.3) is 0 Å². The standard InChI is InChI=1S/C16H22O2S2/c1-5-11-9-15(13(7-3)17-11)19-20-16-10-12(6-2)18-14(16)8-4/h9-10H,5-8H2,1-4H3. The molecule has 0 saturated carbocycles. The molecule has 110 valence electrons. The first-order chi connectivity index (χ1) is 9.71. The molecule has 2 heterocycles. The summed E-state index contributed by atoms with van der Waals surface area (Å²) in [7, 11) is 3.55. The Kier molecular flexibility index (Phi) is 5.73. The van der Waals surface area contributed by atoms with E-state index in [2.05, 4.69) is 39.8 Å². The van der Waals surface area contributed by atoms with Gasteiger partial charge in [0.1, 0.15) is 23.0 Å². The minimum absolute atomic E-state index is 0.940. The van der Waals surface area contributed by atoms with E-state index in [-0.39, 0.29) is 0 Å². The van der Waals surface area contributed by atoms with Crippen molar-refractivity contribution in [2.45, 2.75) is 63.2 Å². The molecule has 0 aliphatic heterocycles. The number of rotatable bonds is 7. The molecule has 0 amide bonds. The second-order valence-electron chi connectivity index (χ2n) is 4.58. The van der Waals surface area contributed by atoms with Crippen LogP contribution in [0.15, 0.2) is 30.8 Å². The molecule has 0 atom stereocenters. The predicted octanol–water partition coefficient (Wildman–Crippen LogP) is 5.92. The first-order valence-electron chi connectivity index (χ1n) is 7.29. The SMILES string of the molecule is CCc1cc(SSc2cc(CC)oc2CC)c(CC)o1. The lowest BCUT2D eigenvalue weighted by Crippen LogP contribution is -1.77. The third-order valence-electron chi connectivity index (χ3n) is 3.20. The van der Waals surface area contributed by atoms with Crippen LogP contribution in [0.4, 0.5) is 0 Å². The Labute approximate surface area is 129 Å². The Morgan fingerprint density at radius 3 is 1.40 bits per heavy atom. The van der Waals surface area contributed by atoms with E-state index in [1.54, 1.807) is 21.6 Å². The summed E-state index contributed by atoms with van der Waals surface area (Å²) in [5, 5.41) is 0. The van der Waals surface area contributed by atoms with E-state index in [9.17, 15) is 0 Å². The first kappa shape index (κ1) is 15.6. The maximum absolute atomic E-state index is 5.83. The predicted molar refractivity (Wildman–Crippen MR) is 86.6 cm³/mol. The lowest BCUT2D eigenvalue weighted by Gasteiger charge is -1.99. The van der Waals surface area contributed by atoms with Gasteiger partial charge < -0.3 is 8.83 Å².